The van der Waals surface area contributed by atoms with Crippen LogP contribution < -0.4 is 0 Å². The molecule has 0 fully saturated rings. The van der Waals surface area contributed by atoms with E-state index in [0.717, 1.165) is 132 Å². The van der Waals surface area contributed by atoms with Crippen LogP contribution in [0.3, 0.4) is 0 Å². The van der Waals surface area contributed by atoms with Gasteiger partial charge < -0.3 is 17.8 Å². The molecule has 0 radical (unpaired) electrons. The summed E-state index contributed by atoms with van der Waals surface area (Å²) in [5, 5.41) is 11.7. The molecule has 8 heterocycles. The van der Waals surface area contributed by atoms with E-state index in [-0.39, 0.29) is 15.9 Å². The Kier molecular flexibility index (Phi) is 16.6. The van der Waals surface area contributed by atoms with Crippen LogP contribution in [0.4, 0.5) is 0 Å². The Morgan fingerprint density at radius 3 is 1.15 bits per heavy atom. The van der Waals surface area contributed by atoms with Crippen LogP contribution in [0.25, 0.3) is 204 Å². The third-order valence-corrected chi connectivity index (χ3v) is 21.6. The zero-order valence-electron chi connectivity index (χ0n) is 57.8. The third-order valence-electron chi connectivity index (χ3n) is 19.8. The number of para-hydroxylation sites is 7. The first-order chi connectivity index (χ1) is 54.2. The van der Waals surface area contributed by atoms with Gasteiger partial charge in [0, 0.05) is 91.2 Å². The van der Waals surface area contributed by atoms with Gasteiger partial charge in [0.1, 0.15) is 33.5 Å². The molecule has 0 N–H and O–H groups in total. The molecule has 0 spiro atoms. The number of nitrogens with zero attached hydrogens (tertiary/aromatic N) is 10. The smallest absolute Gasteiger partial charge is 0.226 e. The normalized spacial score (nSPS) is 11.6. The molecule has 0 aliphatic heterocycles. The summed E-state index contributed by atoms with van der Waals surface area (Å²) in [7, 11) is 0. The van der Waals surface area contributed by atoms with E-state index >= 15 is 0 Å². The Morgan fingerprint density at radius 2 is 0.600 bits per heavy atom. The van der Waals surface area contributed by atoms with Crippen molar-refractivity contribution in [2.24, 2.45) is 0 Å². The van der Waals surface area contributed by atoms with E-state index in [2.05, 4.69) is 186 Å². The highest BCUT2D eigenvalue weighted by Crippen LogP contribution is 2.43. The summed E-state index contributed by atoms with van der Waals surface area (Å²) in [4.78, 5) is 41.1. The van der Waals surface area contributed by atoms with Gasteiger partial charge in [-0.1, -0.05) is 237 Å². The molecule has 0 amide bonds. The number of fused-ring (bicyclic) bond motifs is 15. The van der Waals surface area contributed by atoms with Gasteiger partial charge in [-0.2, -0.15) is 29.9 Å². The first kappa shape index (κ1) is 65.9. The Hall–Kier alpha value is -13.6. The lowest BCUT2D eigenvalue weighted by atomic mass is 9.98. The number of furan rings is 3. The average molecular weight is 1500 g/mol. The molecule has 0 saturated carbocycles. The minimum Gasteiger partial charge on any atom is -0.456 e. The van der Waals surface area contributed by atoms with Crippen molar-refractivity contribution in [2.75, 3.05) is 0 Å². The van der Waals surface area contributed by atoms with E-state index in [9.17, 15) is 0 Å². The van der Waals surface area contributed by atoms with Crippen molar-refractivity contribution in [3.63, 3.8) is 0 Å². The number of aromatic nitrogens is 10. The van der Waals surface area contributed by atoms with Gasteiger partial charge in [-0.3, -0.25) is 0 Å². The van der Waals surface area contributed by atoms with Crippen molar-refractivity contribution in [3.05, 3.63) is 337 Å². The molecule has 0 unspecified atom stereocenters. The predicted molar refractivity (Wildman–Crippen MR) is 447 cm³/mol. The summed E-state index contributed by atoms with van der Waals surface area (Å²) in [5.74, 6) is 3.10. The van der Waals surface area contributed by atoms with Crippen molar-refractivity contribution < 1.29 is 13.3 Å². The maximum atomic E-state index is 6.46. The monoisotopic (exact) mass is 1490 g/mol. The Bertz CT molecular complexity index is 7280. The Labute approximate surface area is 645 Å². The minimum atomic E-state index is 0.127. The van der Waals surface area contributed by atoms with E-state index in [1.54, 1.807) is 11.3 Å². The van der Waals surface area contributed by atoms with Crippen molar-refractivity contribution in [3.8, 4) is 96.3 Å². The van der Waals surface area contributed by atoms with Gasteiger partial charge in [0.05, 0.1) is 22.2 Å². The van der Waals surface area contributed by atoms with Gasteiger partial charge in [-0.25, -0.2) is 15.0 Å². The molecule has 0 atom stereocenters. The maximum absolute atomic E-state index is 6.46. The second-order valence-electron chi connectivity index (χ2n) is 26.3. The van der Waals surface area contributed by atoms with Gasteiger partial charge in [0.25, 0.3) is 0 Å². The molecular formula is C93H53Cl3N10O3S. The highest BCUT2D eigenvalue weighted by atomic mass is 35.5. The van der Waals surface area contributed by atoms with Crippen LogP contribution >= 0.6 is 46.1 Å². The SMILES string of the molecule is Clc1nc(-c2ccc(-c3cccc4oc5ccccc5c34)cc2)nc(-c2cccc3c2oc2ccccc23)n1.Clc1nc(-c2ccc(-c3ccccc3)cc2)nc(-c2cccc3c2oc2ccccc23)n1.Clc1nc(-c2ccc(-n3c4ccccc4c4ccccc43)cc2)nc(-c2cccc3c2sc2ccccc23)n1. The van der Waals surface area contributed by atoms with E-state index in [0.29, 0.717) is 34.9 Å². The molecule has 17 heteroatoms. The fraction of sp³-hybridized carbons (Fsp3) is 0. The Balaban J connectivity index is 0.000000109. The largest absolute Gasteiger partial charge is 0.456 e. The van der Waals surface area contributed by atoms with Crippen LogP contribution in [-0.2, 0) is 0 Å². The van der Waals surface area contributed by atoms with E-state index in [1.165, 1.54) is 37.3 Å². The number of benzene rings is 14. The van der Waals surface area contributed by atoms with Crippen LogP contribution in [0.5, 0.6) is 0 Å². The van der Waals surface area contributed by atoms with Crippen LogP contribution in [0, 0.1) is 0 Å². The zero-order valence-corrected chi connectivity index (χ0v) is 60.9. The summed E-state index contributed by atoms with van der Waals surface area (Å²) in [6, 6.07) is 109. The van der Waals surface area contributed by atoms with Gasteiger partial charge in [-0.05, 0) is 142 Å². The van der Waals surface area contributed by atoms with Gasteiger partial charge in [0.15, 0.2) is 34.9 Å². The lowest BCUT2D eigenvalue weighted by Gasteiger charge is -2.09. The highest BCUT2D eigenvalue weighted by molar-refractivity contribution is 7.26. The van der Waals surface area contributed by atoms with Crippen molar-refractivity contribution >= 4 is 154 Å². The first-order valence-electron chi connectivity index (χ1n) is 35.5. The maximum Gasteiger partial charge on any atom is 0.226 e. The molecule has 22 rings (SSSR count). The molecule has 0 aliphatic rings. The fourth-order valence-corrected chi connectivity index (χ4v) is 16.5. The quantitative estimate of drug-likeness (QED) is 0.135. The minimum absolute atomic E-state index is 0.127. The molecule has 8 aromatic heterocycles. The second kappa shape index (κ2) is 27.6. The van der Waals surface area contributed by atoms with Crippen molar-refractivity contribution in [2.45, 2.75) is 0 Å². The Morgan fingerprint density at radius 1 is 0.236 bits per heavy atom. The fourth-order valence-electron chi connectivity index (χ4n) is 14.8. The number of hydrogen-bond donors (Lipinski definition) is 0. The molecule has 22 aromatic rings. The average Bonchev–Trinajstić information content (AvgIpc) is 1.53. The highest BCUT2D eigenvalue weighted by Gasteiger charge is 2.22. The van der Waals surface area contributed by atoms with E-state index in [1.807, 2.05) is 170 Å². The number of hydrogen-bond acceptors (Lipinski definition) is 13. The number of thiophene rings is 1. The molecule has 0 saturated heterocycles. The molecule has 0 bridgehead atoms. The summed E-state index contributed by atoms with van der Waals surface area (Å²) in [5.41, 5.74) is 17.8. The predicted octanol–water partition coefficient (Wildman–Crippen LogP) is 26.1. The summed E-state index contributed by atoms with van der Waals surface area (Å²) >= 11 is 20.9. The topological polar surface area (TPSA) is 160 Å². The van der Waals surface area contributed by atoms with Crippen LogP contribution in [-0.4, -0.2) is 49.4 Å². The van der Waals surface area contributed by atoms with Crippen LogP contribution in [0.15, 0.2) is 335 Å². The molecule has 13 nitrogen and oxygen atoms in total. The molecule has 0 aliphatic carbocycles. The number of rotatable bonds is 9. The zero-order chi connectivity index (χ0) is 73.3. The molecule has 520 valence electrons. The van der Waals surface area contributed by atoms with Crippen molar-refractivity contribution in [1.82, 2.24) is 49.4 Å². The van der Waals surface area contributed by atoms with Crippen LogP contribution in [0.2, 0.25) is 15.9 Å². The van der Waals surface area contributed by atoms with E-state index in [4.69, 9.17) is 63.0 Å². The van der Waals surface area contributed by atoms with Crippen LogP contribution in [0.1, 0.15) is 0 Å². The third kappa shape index (κ3) is 12.0. The summed E-state index contributed by atoms with van der Waals surface area (Å²) < 4.78 is 23.1. The first-order valence-corrected chi connectivity index (χ1v) is 37.4. The summed E-state index contributed by atoms with van der Waals surface area (Å²) in [6.07, 6.45) is 0. The standard InChI is InChI=1S/C33H19ClN4S.C33H18ClN3O2.C27H16ClN3O/c34-33-36-31(35-32(37-33)26-12-7-11-25-24-10-3-6-15-29(24)39-30(25)26)20-16-18-21(19-17-20)38-27-13-4-1-8-22(27)23-9-2-5-14-28(23)38;34-33-36-31(35-32(37-33)25-11-5-10-23-22-7-1-3-12-26(22)39-30(23)25)20-17-15-19(16-18-20)21-9-6-14-28-29(21)24-8-2-4-13-27(24)38-28;28-27-30-25(19-15-13-18(14-16-19)17-7-2-1-3-8-17)29-26(31-27)22-11-6-10-21-20-9-4-5-12-23(20)32-24(21)22/h1-19H;1-18H;1-16H. The molecular weight excluding hydrogens is 1440 g/mol. The molecule has 110 heavy (non-hydrogen) atoms. The lowest BCUT2D eigenvalue weighted by Crippen LogP contribution is -1.98. The summed E-state index contributed by atoms with van der Waals surface area (Å²) in [6.45, 7) is 0. The molecule has 14 aromatic carbocycles. The van der Waals surface area contributed by atoms with Gasteiger partial charge >= 0.3 is 0 Å². The lowest BCUT2D eigenvalue weighted by molar-refractivity contribution is 0.668. The number of halogens is 3. The van der Waals surface area contributed by atoms with Gasteiger partial charge in [0.2, 0.25) is 15.9 Å². The van der Waals surface area contributed by atoms with Gasteiger partial charge in [-0.15, -0.1) is 11.3 Å². The second-order valence-corrected chi connectivity index (χ2v) is 28.4. The van der Waals surface area contributed by atoms with Crippen molar-refractivity contribution in [1.29, 1.82) is 0 Å². The van der Waals surface area contributed by atoms with E-state index < -0.39 is 0 Å².